The van der Waals surface area contributed by atoms with Gasteiger partial charge in [0, 0.05) is 12.6 Å². The average Bonchev–Trinajstić information content (AvgIpc) is 3.26. The van der Waals surface area contributed by atoms with Crippen LogP contribution in [0.1, 0.15) is 42.2 Å². The monoisotopic (exact) mass is 575 g/mol. The number of amides is 2. The summed E-state index contributed by atoms with van der Waals surface area (Å²) in [7, 11) is 1.58. The van der Waals surface area contributed by atoms with Gasteiger partial charge < -0.3 is 18.6 Å². The summed E-state index contributed by atoms with van der Waals surface area (Å²) in [5.74, 6) is -0.246. The molecule has 0 radical (unpaired) electrons. The molecule has 0 fully saturated rings. The number of methoxy groups -OCH3 is 1. The summed E-state index contributed by atoms with van der Waals surface area (Å²) in [6, 6.07) is 23.3. The fraction of sp³-hybridized carbons (Fsp3) is 0.118. The van der Waals surface area contributed by atoms with Crippen LogP contribution >= 0.6 is 0 Å². The number of fused-ring (bicyclic) bond motifs is 2. The van der Waals surface area contributed by atoms with Crippen molar-refractivity contribution in [2.75, 3.05) is 13.7 Å². The molecule has 0 saturated heterocycles. The maximum Gasteiger partial charge on any atom is 0.343 e. The van der Waals surface area contributed by atoms with E-state index < -0.39 is 17.8 Å². The van der Waals surface area contributed by atoms with Crippen LogP contribution in [0.4, 0.5) is 0 Å². The van der Waals surface area contributed by atoms with Gasteiger partial charge in [0.25, 0.3) is 11.8 Å². The third-order valence-electron chi connectivity index (χ3n) is 7.16. The first-order valence-electron chi connectivity index (χ1n) is 13.5. The van der Waals surface area contributed by atoms with E-state index in [0.29, 0.717) is 12.2 Å². The van der Waals surface area contributed by atoms with Gasteiger partial charge in [0.1, 0.15) is 29.1 Å². The molecule has 214 valence electrons. The van der Waals surface area contributed by atoms with Crippen LogP contribution in [0, 0.1) is 6.92 Å². The fourth-order valence-corrected chi connectivity index (χ4v) is 4.78. The Balaban J connectivity index is 1.15. The van der Waals surface area contributed by atoms with E-state index in [1.165, 1.54) is 47.6 Å². The van der Waals surface area contributed by atoms with Crippen LogP contribution in [-0.2, 0) is 6.42 Å². The minimum Gasteiger partial charge on any atom is -0.497 e. The number of nitrogens with zero attached hydrogens (tertiary/aromatic N) is 1. The van der Waals surface area contributed by atoms with Gasteiger partial charge in [-0.25, -0.2) is 4.79 Å². The lowest BCUT2D eigenvalue weighted by Crippen LogP contribution is -2.31. The smallest absolute Gasteiger partial charge is 0.343 e. The van der Waals surface area contributed by atoms with Gasteiger partial charge in [-0.1, -0.05) is 29.8 Å². The number of hydrogen-bond donors (Lipinski definition) is 0. The van der Waals surface area contributed by atoms with E-state index in [4.69, 9.17) is 18.6 Å². The molecule has 0 unspecified atom stereocenters. The van der Waals surface area contributed by atoms with Crippen LogP contribution in [0.15, 0.2) is 100 Å². The third-order valence-corrected chi connectivity index (χ3v) is 7.16. The van der Waals surface area contributed by atoms with Gasteiger partial charge in [-0.05, 0) is 73.5 Å². The lowest BCUT2D eigenvalue weighted by molar-refractivity contribution is 0.0655. The van der Waals surface area contributed by atoms with Crippen LogP contribution in [0.25, 0.3) is 11.0 Å². The highest BCUT2D eigenvalue weighted by Gasteiger charge is 2.35. The summed E-state index contributed by atoms with van der Waals surface area (Å²) in [5, 5.41) is 0.251. The normalized spacial score (nSPS) is 12.4. The SMILES string of the molecule is COc1ccc(CCN2C(=O)c3ccc(C(=O)Oc4ccc5c(=O)c(Oc6ccc(C)cc6)coc5c4)cc3C2=O)cc1. The van der Waals surface area contributed by atoms with Crippen molar-refractivity contribution in [2.45, 2.75) is 13.3 Å². The van der Waals surface area contributed by atoms with E-state index in [0.717, 1.165) is 16.9 Å². The number of rotatable bonds is 8. The topological polar surface area (TPSA) is 112 Å². The van der Waals surface area contributed by atoms with Gasteiger partial charge in [0.2, 0.25) is 11.2 Å². The van der Waals surface area contributed by atoms with Crippen LogP contribution < -0.4 is 19.6 Å². The highest BCUT2D eigenvalue weighted by molar-refractivity contribution is 6.22. The lowest BCUT2D eigenvalue weighted by Gasteiger charge is -2.13. The Bertz CT molecular complexity index is 1940. The zero-order valence-electron chi connectivity index (χ0n) is 23.3. The number of aryl methyl sites for hydroxylation is 1. The molecule has 1 aliphatic heterocycles. The summed E-state index contributed by atoms with van der Waals surface area (Å²) in [4.78, 5) is 53.1. The van der Waals surface area contributed by atoms with Crippen molar-refractivity contribution in [3.63, 3.8) is 0 Å². The maximum atomic E-state index is 13.1. The molecule has 1 aromatic heterocycles. The number of ether oxygens (including phenoxy) is 3. The van der Waals surface area contributed by atoms with E-state index >= 15 is 0 Å². The number of benzene rings is 4. The Kier molecular flexibility index (Phi) is 7.21. The Morgan fingerprint density at radius 2 is 1.49 bits per heavy atom. The van der Waals surface area contributed by atoms with E-state index in [-0.39, 0.29) is 51.1 Å². The quantitative estimate of drug-likeness (QED) is 0.127. The molecule has 2 amide bonds. The van der Waals surface area contributed by atoms with Gasteiger partial charge in [-0.3, -0.25) is 19.3 Å². The Hall–Kier alpha value is -5.70. The fourth-order valence-electron chi connectivity index (χ4n) is 4.78. The summed E-state index contributed by atoms with van der Waals surface area (Å²) in [6.07, 6.45) is 1.68. The Labute approximate surface area is 245 Å². The number of esters is 1. The van der Waals surface area contributed by atoms with Crippen molar-refractivity contribution in [3.8, 4) is 23.0 Å². The number of imide groups is 1. The minimum absolute atomic E-state index is 0.0245. The highest BCUT2D eigenvalue weighted by Crippen LogP contribution is 2.27. The summed E-state index contributed by atoms with van der Waals surface area (Å²) >= 11 is 0. The second kappa shape index (κ2) is 11.3. The van der Waals surface area contributed by atoms with Crippen LogP contribution in [-0.4, -0.2) is 36.3 Å². The van der Waals surface area contributed by atoms with Crippen molar-refractivity contribution in [1.82, 2.24) is 4.90 Å². The maximum absolute atomic E-state index is 13.1. The molecule has 4 aromatic carbocycles. The van der Waals surface area contributed by atoms with Crippen molar-refractivity contribution >= 4 is 28.8 Å². The predicted octanol–water partition coefficient (Wildman–Crippen LogP) is 5.96. The zero-order chi connectivity index (χ0) is 30.1. The lowest BCUT2D eigenvalue weighted by atomic mass is 10.1. The number of carbonyl (C=O) groups excluding carboxylic acids is 3. The van der Waals surface area contributed by atoms with E-state index in [9.17, 15) is 19.2 Å². The van der Waals surface area contributed by atoms with E-state index in [2.05, 4.69) is 0 Å². The van der Waals surface area contributed by atoms with E-state index in [1.54, 1.807) is 19.2 Å². The largest absolute Gasteiger partial charge is 0.497 e. The van der Waals surface area contributed by atoms with Gasteiger partial charge >= 0.3 is 5.97 Å². The van der Waals surface area contributed by atoms with Crippen LogP contribution in [0.3, 0.4) is 0 Å². The van der Waals surface area contributed by atoms with Gasteiger partial charge in [-0.2, -0.15) is 0 Å². The molecule has 6 rings (SSSR count). The molecule has 0 N–H and O–H groups in total. The summed E-state index contributed by atoms with van der Waals surface area (Å²) in [6.45, 7) is 2.14. The molecule has 0 spiro atoms. The van der Waals surface area contributed by atoms with Crippen LogP contribution in [0.2, 0.25) is 0 Å². The van der Waals surface area contributed by atoms with Crippen molar-refractivity contribution in [2.24, 2.45) is 0 Å². The minimum atomic E-state index is -0.735. The molecule has 9 nitrogen and oxygen atoms in total. The molecule has 0 bridgehead atoms. The average molecular weight is 576 g/mol. The summed E-state index contributed by atoms with van der Waals surface area (Å²) in [5.41, 5.74) is 2.30. The number of carbonyl (C=O) groups is 3. The zero-order valence-corrected chi connectivity index (χ0v) is 23.3. The molecule has 2 heterocycles. The highest BCUT2D eigenvalue weighted by atomic mass is 16.5. The van der Waals surface area contributed by atoms with Crippen LogP contribution in [0.5, 0.6) is 23.0 Å². The van der Waals surface area contributed by atoms with Gasteiger partial charge in [0.05, 0.1) is 29.2 Å². The Morgan fingerprint density at radius 3 is 2.23 bits per heavy atom. The molecular formula is C34H25NO8. The molecule has 43 heavy (non-hydrogen) atoms. The van der Waals surface area contributed by atoms with Crippen molar-refractivity contribution in [1.29, 1.82) is 0 Å². The molecule has 9 heteroatoms. The first kappa shape index (κ1) is 27.5. The number of hydrogen-bond acceptors (Lipinski definition) is 8. The Morgan fingerprint density at radius 1 is 0.791 bits per heavy atom. The molecule has 5 aromatic rings. The predicted molar refractivity (Wildman–Crippen MR) is 157 cm³/mol. The van der Waals surface area contributed by atoms with Gasteiger partial charge in [0.15, 0.2) is 0 Å². The molecular weight excluding hydrogens is 550 g/mol. The third kappa shape index (κ3) is 5.48. The molecule has 0 saturated carbocycles. The first-order chi connectivity index (χ1) is 20.8. The first-order valence-corrected chi connectivity index (χ1v) is 13.5. The van der Waals surface area contributed by atoms with E-state index in [1.807, 2.05) is 43.3 Å². The second-order valence-corrected chi connectivity index (χ2v) is 10.0. The van der Waals surface area contributed by atoms with Crippen molar-refractivity contribution < 1.29 is 33.0 Å². The molecule has 0 atom stereocenters. The van der Waals surface area contributed by atoms with Gasteiger partial charge in [-0.15, -0.1) is 0 Å². The molecule has 0 aliphatic carbocycles. The standard InChI is InChI=1S/C34H25NO8/c1-20-3-8-24(9-4-20)42-30-19-41-29-18-25(12-14-27(29)31(30)36)43-34(39)22-7-13-26-28(17-22)33(38)35(32(26)37)16-15-21-5-10-23(40-2)11-6-21/h3-14,17-19H,15-16H2,1-2H3. The van der Waals surface area contributed by atoms with Crippen molar-refractivity contribution in [3.05, 3.63) is 129 Å². The second-order valence-electron chi connectivity index (χ2n) is 10.0. The molecule has 1 aliphatic rings. The summed E-state index contributed by atoms with van der Waals surface area (Å²) < 4.78 is 22.0.